The molecule has 0 aliphatic carbocycles. The second-order valence-corrected chi connectivity index (χ2v) is 6.08. The molecule has 1 unspecified atom stereocenters. The standard InChI is InChI=1S/C16H25BrN2/c1-2-6-15(13-17)14-18-9-11-19(12-10-18)16-7-4-3-5-8-16/h3-5,7-8,15H,2,6,9-14H2,1H3. The van der Waals surface area contributed by atoms with Crippen molar-refractivity contribution in [2.75, 3.05) is 43.0 Å². The lowest BCUT2D eigenvalue weighted by Gasteiger charge is -2.37. The van der Waals surface area contributed by atoms with Crippen LogP contribution < -0.4 is 4.90 Å². The summed E-state index contributed by atoms with van der Waals surface area (Å²) in [6, 6.07) is 10.8. The molecule has 0 aromatic heterocycles. The van der Waals surface area contributed by atoms with Crippen molar-refractivity contribution in [2.24, 2.45) is 5.92 Å². The molecular weight excluding hydrogens is 300 g/mol. The van der Waals surface area contributed by atoms with Crippen molar-refractivity contribution >= 4 is 21.6 Å². The Morgan fingerprint density at radius 3 is 2.37 bits per heavy atom. The van der Waals surface area contributed by atoms with Crippen molar-refractivity contribution in [2.45, 2.75) is 19.8 Å². The largest absolute Gasteiger partial charge is 0.369 e. The minimum atomic E-state index is 0.813. The molecule has 1 aliphatic rings. The summed E-state index contributed by atoms with van der Waals surface area (Å²) in [7, 11) is 0. The third-order valence-corrected chi connectivity index (χ3v) is 4.84. The van der Waals surface area contributed by atoms with Crippen LogP contribution in [0.4, 0.5) is 5.69 Å². The number of anilines is 1. The number of nitrogens with zero attached hydrogens (tertiary/aromatic N) is 2. The number of halogens is 1. The molecule has 0 saturated carbocycles. The fraction of sp³-hybridized carbons (Fsp3) is 0.625. The van der Waals surface area contributed by atoms with Crippen LogP contribution in [0.5, 0.6) is 0 Å². The first-order valence-electron chi connectivity index (χ1n) is 7.41. The molecule has 1 aliphatic heterocycles. The Hall–Kier alpha value is -0.540. The summed E-state index contributed by atoms with van der Waals surface area (Å²) in [5, 5.41) is 1.14. The van der Waals surface area contributed by atoms with Crippen LogP contribution in [0.1, 0.15) is 19.8 Å². The lowest BCUT2D eigenvalue weighted by molar-refractivity contribution is 0.222. The van der Waals surface area contributed by atoms with Gasteiger partial charge in [0.05, 0.1) is 0 Å². The molecule has 19 heavy (non-hydrogen) atoms. The van der Waals surface area contributed by atoms with Crippen molar-refractivity contribution < 1.29 is 0 Å². The fourth-order valence-electron chi connectivity index (χ4n) is 2.82. The van der Waals surface area contributed by atoms with E-state index in [-0.39, 0.29) is 0 Å². The van der Waals surface area contributed by atoms with E-state index in [1.165, 1.54) is 38.2 Å². The molecule has 0 bridgehead atoms. The summed E-state index contributed by atoms with van der Waals surface area (Å²) in [6.07, 6.45) is 2.63. The molecule has 1 saturated heterocycles. The molecule has 1 aromatic rings. The van der Waals surface area contributed by atoms with Gasteiger partial charge in [0, 0.05) is 43.7 Å². The zero-order valence-electron chi connectivity index (χ0n) is 11.9. The maximum absolute atomic E-state index is 3.66. The van der Waals surface area contributed by atoms with Crippen LogP contribution >= 0.6 is 15.9 Å². The van der Waals surface area contributed by atoms with Crippen molar-refractivity contribution in [3.63, 3.8) is 0 Å². The minimum absolute atomic E-state index is 0.813. The van der Waals surface area contributed by atoms with Gasteiger partial charge in [0.25, 0.3) is 0 Å². The number of rotatable bonds is 6. The fourth-order valence-corrected chi connectivity index (χ4v) is 3.35. The Labute approximate surface area is 125 Å². The highest BCUT2D eigenvalue weighted by molar-refractivity contribution is 9.09. The van der Waals surface area contributed by atoms with E-state index in [2.05, 4.69) is 63.0 Å². The van der Waals surface area contributed by atoms with Gasteiger partial charge in [0.2, 0.25) is 0 Å². The summed E-state index contributed by atoms with van der Waals surface area (Å²) in [6.45, 7) is 8.24. The van der Waals surface area contributed by atoms with Crippen LogP contribution in [0.25, 0.3) is 0 Å². The van der Waals surface area contributed by atoms with E-state index < -0.39 is 0 Å². The second kappa shape index (κ2) is 7.91. The van der Waals surface area contributed by atoms with Gasteiger partial charge >= 0.3 is 0 Å². The first-order valence-corrected chi connectivity index (χ1v) is 8.54. The van der Waals surface area contributed by atoms with Gasteiger partial charge < -0.3 is 4.90 Å². The number of hydrogen-bond acceptors (Lipinski definition) is 2. The van der Waals surface area contributed by atoms with E-state index in [0.717, 1.165) is 24.3 Å². The molecule has 0 spiro atoms. The van der Waals surface area contributed by atoms with Gasteiger partial charge in [0.1, 0.15) is 0 Å². The van der Waals surface area contributed by atoms with Crippen LogP contribution in [-0.2, 0) is 0 Å². The maximum Gasteiger partial charge on any atom is 0.0367 e. The predicted octanol–water partition coefficient (Wildman–Crippen LogP) is 3.62. The molecule has 1 fully saturated rings. The molecular formula is C16H25BrN2. The maximum atomic E-state index is 3.66. The van der Waals surface area contributed by atoms with E-state index in [9.17, 15) is 0 Å². The number of hydrogen-bond donors (Lipinski definition) is 0. The third-order valence-electron chi connectivity index (χ3n) is 3.93. The molecule has 1 aromatic carbocycles. The predicted molar refractivity (Wildman–Crippen MR) is 87.3 cm³/mol. The lowest BCUT2D eigenvalue weighted by atomic mass is 10.1. The lowest BCUT2D eigenvalue weighted by Crippen LogP contribution is -2.48. The molecule has 2 rings (SSSR count). The first-order chi connectivity index (χ1) is 9.33. The van der Waals surface area contributed by atoms with Crippen LogP contribution in [-0.4, -0.2) is 43.0 Å². The number of para-hydroxylation sites is 1. The zero-order chi connectivity index (χ0) is 13.5. The molecule has 0 amide bonds. The highest BCUT2D eigenvalue weighted by Crippen LogP contribution is 2.17. The summed E-state index contributed by atoms with van der Waals surface area (Å²) in [4.78, 5) is 5.13. The van der Waals surface area contributed by atoms with Gasteiger partial charge in [-0.05, 0) is 24.5 Å². The average Bonchev–Trinajstić information content (AvgIpc) is 2.48. The van der Waals surface area contributed by atoms with Crippen molar-refractivity contribution in [3.05, 3.63) is 30.3 Å². The summed E-state index contributed by atoms with van der Waals surface area (Å²) >= 11 is 3.66. The molecule has 0 N–H and O–H groups in total. The van der Waals surface area contributed by atoms with Gasteiger partial charge in [-0.25, -0.2) is 0 Å². The summed E-state index contributed by atoms with van der Waals surface area (Å²) < 4.78 is 0. The van der Waals surface area contributed by atoms with Gasteiger partial charge in [0.15, 0.2) is 0 Å². The number of alkyl halides is 1. The topological polar surface area (TPSA) is 6.48 Å². The van der Waals surface area contributed by atoms with E-state index in [1.807, 2.05) is 0 Å². The molecule has 2 nitrogen and oxygen atoms in total. The molecule has 0 radical (unpaired) electrons. The van der Waals surface area contributed by atoms with Gasteiger partial charge in [-0.15, -0.1) is 0 Å². The first kappa shape index (κ1) is 14.9. The van der Waals surface area contributed by atoms with Crippen LogP contribution in [0, 0.1) is 5.92 Å². The minimum Gasteiger partial charge on any atom is -0.369 e. The van der Waals surface area contributed by atoms with E-state index in [1.54, 1.807) is 0 Å². The monoisotopic (exact) mass is 324 g/mol. The average molecular weight is 325 g/mol. The normalized spacial score (nSPS) is 18.5. The van der Waals surface area contributed by atoms with Crippen molar-refractivity contribution in [3.8, 4) is 0 Å². The molecule has 106 valence electrons. The molecule has 3 heteroatoms. The highest BCUT2D eigenvalue weighted by atomic mass is 79.9. The number of benzene rings is 1. The van der Waals surface area contributed by atoms with Crippen LogP contribution in [0.2, 0.25) is 0 Å². The smallest absolute Gasteiger partial charge is 0.0367 e. The Bertz CT molecular complexity index is 347. The van der Waals surface area contributed by atoms with Gasteiger partial charge in [-0.3, -0.25) is 4.90 Å². The van der Waals surface area contributed by atoms with E-state index in [0.29, 0.717) is 0 Å². The summed E-state index contributed by atoms with van der Waals surface area (Å²) in [5.74, 6) is 0.813. The van der Waals surface area contributed by atoms with Gasteiger partial charge in [-0.2, -0.15) is 0 Å². The molecule has 1 heterocycles. The number of piperazine rings is 1. The second-order valence-electron chi connectivity index (χ2n) is 5.43. The van der Waals surface area contributed by atoms with Crippen LogP contribution in [0.3, 0.4) is 0 Å². The third kappa shape index (κ3) is 4.50. The van der Waals surface area contributed by atoms with E-state index >= 15 is 0 Å². The Morgan fingerprint density at radius 2 is 1.79 bits per heavy atom. The SMILES string of the molecule is CCCC(CBr)CN1CCN(c2ccccc2)CC1. The quantitative estimate of drug-likeness (QED) is 0.737. The van der Waals surface area contributed by atoms with E-state index in [4.69, 9.17) is 0 Å². The zero-order valence-corrected chi connectivity index (χ0v) is 13.5. The van der Waals surface area contributed by atoms with Crippen molar-refractivity contribution in [1.82, 2.24) is 4.90 Å². The Kier molecular flexibility index (Phi) is 6.18. The highest BCUT2D eigenvalue weighted by Gasteiger charge is 2.19. The van der Waals surface area contributed by atoms with Crippen molar-refractivity contribution in [1.29, 1.82) is 0 Å². The van der Waals surface area contributed by atoms with Gasteiger partial charge in [-0.1, -0.05) is 47.5 Å². The summed E-state index contributed by atoms with van der Waals surface area (Å²) in [5.41, 5.74) is 1.37. The van der Waals surface area contributed by atoms with Crippen LogP contribution in [0.15, 0.2) is 30.3 Å². The Balaban J connectivity index is 1.79. The molecule has 1 atom stereocenters. The Morgan fingerprint density at radius 1 is 1.11 bits per heavy atom.